The monoisotopic (exact) mass is 728 g/mol. The van der Waals surface area contributed by atoms with E-state index in [0.717, 1.165) is 42.2 Å². The van der Waals surface area contributed by atoms with Crippen molar-refractivity contribution >= 4 is 34.6 Å². The first-order valence-corrected chi connectivity index (χ1v) is 19.2. The van der Waals surface area contributed by atoms with Crippen LogP contribution in [0.1, 0.15) is 75.3 Å². The summed E-state index contributed by atoms with van der Waals surface area (Å²) in [6.45, 7) is 11.0. The van der Waals surface area contributed by atoms with E-state index in [1.54, 1.807) is 22.6 Å². The van der Waals surface area contributed by atoms with Gasteiger partial charge in [0, 0.05) is 69.4 Å². The third kappa shape index (κ3) is 6.17. The van der Waals surface area contributed by atoms with Crippen LogP contribution < -0.4 is 9.64 Å². The lowest BCUT2D eigenvalue weighted by atomic mass is 9.72. The van der Waals surface area contributed by atoms with Crippen LogP contribution in [0.25, 0.3) is 11.5 Å². The highest BCUT2D eigenvalue weighted by atomic mass is 32.1. The van der Waals surface area contributed by atoms with Crippen molar-refractivity contribution in [3.63, 3.8) is 0 Å². The molecule has 3 aromatic rings. The van der Waals surface area contributed by atoms with Crippen molar-refractivity contribution in [1.82, 2.24) is 34.8 Å². The zero-order valence-electron chi connectivity index (χ0n) is 31.1. The van der Waals surface area contributed by atoms with Gasteiger partial charge in [0.05, 0.1) is 17.3 Å². The Morgan fingerprint density at radius 3 is 2.69 bits per heavy atom. The molecule has 5 heterocycles. The van der Waals surface area contributed by atoms with E-state index in [1.165, 1.54) is 12.8 Å². The lowest BCUT2D eigenvalue weighted by Gasteiger charge is -2.36. The summed E-state index contributed by atoms with van der Waals surface area (Å²) in [7, 11) is 6.02. The number of aliphatic imine (C=N–C) groups is 1. The molecule has 276 valence electrons. The van der Waals surface area contributed by atoms with Gasteiger partial charge in [-0.2, -0.15) is 20.2 Å². The van der Waals surface area contributed by atoms with Crippen LogP contribution in [0.2, 0.25) is 0 Å². The number of nitriles is 1. The minimum atomic E-state index is -0.661. The van der Waals surface area contributed by atoms with Gasteiger partial charge in [-0.05, 0) is 84.6 Å². The number of anilines is 1. The van der Waals surface area contributed by atoms with Crippen LogP contribution in [0.5, 0.6) is 6.01 Å². The number of carbonyl (C=O) groups excluding carboxylic acids is 1. The van der Waals surface area contributed by atoms with Crippen LogP contribution in [-0.4, -0.2) is 119 Å². The number of hydrogen-bond donors (Lipinski definition) is 0. The zero-order chi connectivity index (χ0) is 36.5. The Morgan fingerprint density at radius 1 is 1.17 bits per heavy atom. The number of aryl methyl sites for hydroxylation is 1. The zero-order valence-corrected chi connectivity index (χ0v) is 31.9. The van der Waals surface area contributed by atoms with Crippen molar-refractivity contribution < 1.29 is 18.8 Å². The van der Waals surface area contributed by atoms with Crippen molar-refractivity contribution in [2.24, 2.45) is 22.7 Å². The fourth-order valence-electron chi connectivity index (χ4n) is 9.24. The number of ether oxygens (including phenoxy) is 2. The standard InChI is InChI=1S/C37H48N10O4S/c1-36(2,3)50-35(48)47-13-11-46(12-14-47)27-17-25(40-34(41-27)49-30-21-15-22-19-45(7)29(30)23(22)16-21)31-42-33(51-43-31)37(4)10-8-9-26-28(37)24(18-38)32(52-26)39-20-44(5)6/h17,20-23,29-30H,8-16,19H2,1-7H3/t21?,22?,23?,29?,30?,37-/m0/s1. The fraction of sp³-hybridized carbons (Fsp3) is 0.649. The predicted octanol–water partition coefficient (Wildman–Crippen LogP) is 5.10. The molecule has 52 heavy (non-hydrogen) atoms. The van der Waals surface area contributed by atoms with Crippen molar-refractivity contribution in [1.29, 1.82) is 5.26 Å². The quantitative estimate of drug-likeness (QED) is 0.235. The van der Waals surface area contributed by atoms with E-state index >= 15 is 0 Å². The maximum Gasteiger partial charge on any atom is 0.410 e. The molecule has 5 aliphatic rings. The minimum absolute atomic E-state index is 0.0219. The van der Waals surface area contributed by atoms with Gasteiger partial charge in [-0.25, -0.2) is 9.79 Å². The molecule has 2 saturated carbocycles. The molecular weight excluding hydrogens is 681 g/mol. The molecule has 4 fully saturated rings. The number of fused-ring (bicyclic) bond motifs is 2. The largest absolute Gasteiger partial charge is 0.458 e. The van der Waals surface area contributed by atoms with E-state index in [1.807, 2.05) is 45.8 Å². The molecule has 2 bridgehead atoms. The molecule has 0 spiro atoms. The number of piperazine rings is 1. The first-order valence-electron chi connectivity index (χ1n) is 18.4. The smallest absolute Gasteiger partial charge is 0.410 e. The van der Waals surface area contributed by atoms with Crippen LogP contribution in [0.3, 0.4) is 0 Å². The second-order valence-corrected chi connectivity index (χ2v) is 17.6. The maximum absolute atomic E-state index is 12.8. The normalized spacial score (nSPS) is 28.4. The summed E-state index contributed by atoms with van der Waals surface area (Å²) in [6, 6.07) is 4.99. The summed E-state index contributed by atoms with van der Waals surface area (Å²) in [5, 5.41) is 15.5. The Kier molecular flexibility index (Phi) is 8.68. The molecule has 2 saturated heterocycles. The number of likely N-dealkylation sites (tertiary alicyclic amines) is 1. The molecule has 0 radical (unpaired) electrons. The average molecular weight is 729 g/mol. The molecule has 6 atom stereocenters. The van der Waals surface area contributed by atoms with Crippen molar-refractivity contribution in [2.45, 2.75) is 83.0 Å². The van der Waals surface area contributed by atoms with E-state index in [2.05, 4.69) is 40.0 Å². The minimum Gasteiger partial charge on any atom is -0.458 e. The number of aromatic nitrogens is 4. The van der Waals surface area contributed by atoms with Crippen LogP contribution >= 0.6 is 11.3 Å². The Morgan fingerprint density at radius 2 is 1.96 bits per heavy atom. The highest BCUT2D eigenvalue weighted by Crippen LogP contribution is 2.55. The summed E-state index contributed by atoms with van der Waals surface area (Å²) in [4.78, 5) is 41.6. The molecule has 14 nitrogen and oxygen atoms in total. The Bertz CT molecular complexity index is 1920. The summed E-state index contributed by atoms with van der Waals surface area (Å²) in [6.07, 6.45) is 6.37. The number of thiophene rings is 1. The van der Waals surface area contributed by atoms with Gasteiger partial charge >= 0.3 is 12.1 Å². The molecule has 0 aromatic carbocycles. The van der Waals surface area contributed by atoms with Crippen molar-refractivity contribution in [3.05, 3.63) is 28.0 Å². The highest BCUT2D eigenvalue weighted by molar-refractivity contribution is 7.16. The van der Waals surface area contributed by atoms with Gasteiger partial charge in [-0.1, -0.05) is 5.16 Å². The van der Waals surface area contributed by atoms with E-state index in [4.69, 9.17) is 28.9 Å². The summed E-state index contributed by atoms with van der Waals surface area (Å²) in [5.74, 6) is 3.38. The number of likely N-dealkylation sites (N-methyl/N-ethyl adjacent to an activating group) is 1. The van der Waals surface area contributed by atoms with Crippen LogP contribution in [0.4, 0.5) is 15.6 Å². The Hall–Kier alpha value is -4.29. The van der Waals surface area contributed by atoms with Gasteiger partial charge in [0.15, 0.2) is 0 Å². The molecule has 3 aliphatic carbocycles. The van der Waals surface area contributed by atoms with Crippen LogP contribution in [0.15, 0.2) is 15.6 Å². The Balaban J connectivity index is 1.11. The second kappa shape index (κ2) is 13.0. The van der Waals surface area contributed by atoms with Gasteiger partial charge in [-0.3, -0.25) is 4.90 Å². The van der Waals surface area contributed by atoms with E-state index in [9.17, 15) is 10.1 Å². The Labute approximate surface area is 308 Å². The third-order valence-corrected chi connectivity index (χ3v) is 12.6. The third-order valence-electron chi connectivity index (χ3n) is 11.5. The molecule has 5 unspecified atom stereocenters. The fourth-order valence-corrected chi connectivity index (χ4v) is 10.5. The van der Waals surface area contributed by atoms with E-state index < -0.39 is 11.0 Å². The van der Waals surface area contributed by atoms with E-state index in [0.29, 0.717) is 83.9 Å². The average Bonchev–Trinajstić information content (AvgIpc) is 3.91. The lowest BCUT2D eigenvalue weighted by Crippen LogP contribution is -2.50. The summed E-state index contributed by atoms with van der Waals surface area (Å²) < 4.78 is 18.5. The number of nitrogens with zero attached hydrogens (tertiary/aromatic N) is 10. The molecule has 2 aliphatic heterocycles. The first-order chi connectivity index (χ1) is 24.8. The highest BCUT2D eigenvalue weighted by Gasteiger charge is 2.59. The number of carbonyl (C=O) groups is 1. The molecule has 8 rings (SSSR count). The van der Waals surface area contributed by atoms with Crippen molar-refractivity contribution in [3.8, 4) is 23.6 Å². The van der Waals surface area contributed by atoms with Crippen molar-refractivity contribution in [2.75, 3.05) is 58.8 Å². The number of amides is 1. The number of hydrogen-bond acceptors (Lipinski definition) is 13. The SMILES string of the molecule is CN(C)C=Nc1sc2c(c1C#N)[C@@](C)(c1nc(-c3cc(N4CCN(C(=O)OC(C)(C)C)CC4)nc(OC4C5CC6CN(C)C4C6C5)n3)no1)CCC2. The second-order valence-electron chi connectivity index (χ2n) is 16.5. The molecular formula is C37H48N10O4S. The molecule has 1 amide bonds. The van der Waals surface area contributed by atoms with Crippen LogP contribution in [-0.2, 0) is 16.6 Å². The maximum atomic E-state index is 12.8. The van der Waals surface area contributed by atoms with Gasteiger partial charge in [0.25, 0.3) is 0 Å². The predicted molar refractivity (Wildman–Crippen MR) is 196 cm³/mol. The van der Waals surface area contributed by atoms with Gasteiger partial charge in [-0.15, -0.1) is 11.3 Å². The topological polar surface area (TPSA) is 149 Å². The molecule has 3 aromatic heterocycles. The first kappa shape index (κ1) is 34.8. The van der Waals surface area contributed by atoms with Gasteiger partial charge in [0.1, 0.15) is 34.3 Å². The van der Waals surface area contributed by atoms with E-state index in [-0.39, 0.29) is 12.2 Å². The molecule has 15 heteroatoms. The lowest BCUT2D eigenvalue weighted by molar-refractivity contribution is 0.0240. The van der Waals surface area contributed by atoms with Gasteiger partial charge < -0.3 is 28.7 Å². The molecule has 0 N–H and O–H groups in total. The van der Waals surface area contributed by atoms with Crippen LogP contribution in [0, 0.1) is 29.1 Å². The number of rotatable bonds is 7. The summed E-state index contributed by atoms with van der Waals surface area (Å²) in [5.41, 5.74) is 0.781. The summed E-state index contributed by atoms with van der Waals surface area (Å²) >= 11 is 1.56. The van der Waals surface area contributed by atoms with Gasteiger partial charge in [0.2, 0.25) is 11.7 Å².